The first-order valence-electron chi connectivity index (χ1n) is 6.84. The quantitative estimate of drug-likeness (QED) is 0.798. The van der Waals surface area contributed by atoms with E-state index in [2.05, 4.69) is 0 Å². The Labute approximate surface area is 113 Å². The SMILES string of the molecule is CCOC(=O)CCCC1c2ccc(O)cc2CC1N. The van der Waals surface area contributed by atoms with Gasteiger partial charge in [-0.2, -0.15) is 0 Å². The van der Waals surface area contributed by atoms with E-state index >= 15 is 0 Å². The number of aromatic hydroxyl groups is 1. The molecule has 4 heteroatoms. The minimum Gasteiger partial charge on any atom is -0.508 e. The lowest BCUT2D eigenvalue weighted by Gasteiger charge is -2.16. The Hall–Kier alpha value is -1.55. The standard InChI is InChI=1S/C15H21NO3/c1-2-19-15(18)5-3-4-13-12-7-6-11(17)8-10(12)9-14(13)16/h6-8,13-14,17H,2-5,9,16H2,1H3. The molecule has 0 fully saturated rings. The Morgan fingerprint density at radius 2 is 2.32 bits per heavy atom. The van der Waals surface area contributed by atoms with E-state index in [1.54, 1.807) is 12.1 Å². The zero-order valence-corrected chi connectivity index (χ0v) is 11.3. The second-order valence-electron chi connectivity index (χ2n) is 5.05. The number of esters is 1. The molecule has 1 aliphatic rings. The number of benzene rings is 1. The van der Waals surface area contributed by atoms with Gasteiger partial charge < -0.3 is 15.6 Å². The largest absolute Gasteiger partial charge is 0.508 e. The van der Waals surface area contributed by atoms with E-state index < -0.39 is 0 Å². The molecule has 2 atom stereocenters. The van der Waals surface area contributed by atoms with E-state index in [1.165, 1.54) is 5.56 Å². The number of phenolic OH excluding ortho intramolecular Hbond substituents is 1. The van der Waals surface area contributed by atoms with Gasteiger partial charge in [0.25, 0.3) is 0 Å². The lowest BCUT2D eigenvalue weighted by atomic mass is 9.93. The molecule has 0 saturated carbocycles. The second kappa shape index (κ2) is 6.06. The first kappa shape index (κ1) is 13.9. The molecule has 0 radical (unpaired) electrons. The summed E-state index contributed by atoms with van der Waals surface area (Å²) >= 11 is 0. The Kier molecular flexibility index (Phi) is 4.43. The minimum absolute atomic E-state index is 0.0824. The van der Waals surface area contributed by atoms with Gasteiger partial charge in [-0.1, -0.05) is 6.07 Å². The smallest absolute Gasteiger partial charge is 0.305 e. The molecule has 0 aromatic heterocycles. The van der Waals surface area contributed by atoms with E-state index in [9.17, 15) is 9.90 Å². The van der Waals surface area contributed by atoms with Gasteiger partial charge in [0.2, 0.25) is 0 Å². The summed E-state index contributed by atoms with van der Waals surface area (Å²) in [4.78, 5) is 11.3. The average molecular weight is 263 g/mol. The van der Waals surface area contributed by atoms with Gasteiger partial charge in [0.15, 0.2) is 0 Å². The Balaban J connectivity index is 1.93. The number of hydrogen-bond donors (Lipinski definition) is 2. The number of phenols is 1. The minimum atomic E-state index is -0.139. The van der Waals surface area contributed by atoms with Crippen LogP contribution in [0.2, 0.25) is 0 Å². The molecule has 2 unspecified atom stereocenters. The van der Waals surface area contributed by atoms with E-state index in [4.69, 9.17) is 10.5 Å². The molecular weight excluding hydrogens is 242 g/mol. The molecule has 3 N–H and O–H groups in total. The molecule has 0 heterocycles. The molecule has 0 aliphatic heterocycles. The third-order valence-corrected chi connectivity index (χ3v) is 3.70. The topological polar surface area (TPSA) is 72.5 Å². The molecular formula is C15H21NO3. The van der Waals surface area contributed by atoms with Crippen molar-refractivity contribution in [3.63, 3.8) is 0 Å². The van der Waals surface area contributed by atoms with Gasteiger partial charge in [-0.15, -0.1) is 0 Å². The highest BCUT2D eigenvalue weighted by atomic mass is 16.5. The number of rotatable bonds is 5. The second-order valence-corrected chi connectivity index (χ2v) is 5.05. The van der Waals surface area contributed by atoms with Crippen molar-refractivity contribution in [3.8, 4) is 5.75 Å². The van der Waals surface area contributed by atoms with E-state index in [0.29, 0.717) is 13.0 Å². The van der Waals surface area contributed by atoms with Gasteiger partial charge in [-0.05, 0) is 55.4 Å². The highest BCUT2D eigenvalue weighted by Crippen LogP contribution is 2.37. The van der Waals surface area contributed by atoms with Crippen molar-refractivity contribution in [1.82, 2.24) is 0 Å². The summed E-state index contributed by atoms with van der Waals surface area (Å²) in [5.41, 5.74) is 8.51. The molecule has 4 nitrogen and oxygen atoms in total. The predicted octanol–water partition coefficient (Wildman–Crippen LogP) is 2.09. The molecule has 19 heavy (non-hydrogen) atoms. The Bertz CT molecular complexity index is 459. The first-order chi connectivity index (χ1) is 9.11. The van der Waals surface area contributed by atoms with Crippen LogP contribution in [0.4, 0.5) is 0 Å². The van der Waals surface area contributed by atoms with Crippen molar-refractivity contribution in [2.75, 3.05) is 6.61 Å². The van der Waals surface area contributed by atoms with Gasteiger partial charge in [-0.3, -0.25) is 4.79 Å². The van der Waals surface area contributed by atoms with Gasteiger partial charge in [-0.25, -0.2) is 0 Å². The molecule has 2 rings (SSSR count). The Morgan fingerprint density at radius 3 is 3.05 bits per heavy atom. The lowest BCUT2D eigenvalue weighted by Crippen LogP contribution is -2.25. The van der Waals surface area contributed by atoms with Gasteiger partial charge in [0.05, 0.1) is 6.61 Å². The number of carbonyl (C=O) groups excluding carboxylic acids is 1. The molecule has 1 aromatic rings. The van der Waals surface area contributed by atoms with Gasteiger partial charge in [0.1, 0.15) is 5.75 Å². The number of hydrogen-bond acceptors (Lipinski definition) is 4. The predicted molar refractivity (Wildman–Crippen MR) is 73.0 cm³/mol. The van der Waals surface area contributed by atoms with Gasteiger partial charge in [0, 0.05) is 12.5 Å². The first-order valence-corrected chi connectivity index (χ1v) is 6.84. The van der Waals surface area contributed by atoms with Crippen LogP contribution in [0.3, 0.4) is 0 Å². The fourth-order valence-corrected chi connectivity index (χ4v) is 2.83. The molecule has 1 aliphatic carbocycles. The fourth-order valence-electron chi connectivity index (χ4n) is 2.83. The van der Waals surface area contributed by atoms with Crippen molar-refractivity contribution in [1.29, 1.82) is 0 Å². The maximum atomic E-state index is 11.3. The summed E-state index contributed by atoms with van der Waals surface area (Å²) in [5.74, 6) is 0.433. The summed E-state index contributed by atoms with van der Waals surface area (Å²) < 4.78 is 4.92. The van der Waals surface area contributed by atoms with Crippen molar-refractivity contribution in [2.24, 2.45) is 5.73 Å². The zero-order valence-electron chi connectivity index (χ0n) is 11.3. The monoisotopic (exact) mass is 263 g/mol. The van der Waals surface area contributed by atoms with Crippen molar-refractivity contribution >= 4 is 5.97 Å². The van der Waals surface area contributed by atoms with Crippen LogP contribution in [0.15, 0.2) is 18.2 Å². The third-order valence-electron chi connectivity index (χ3n) is 3.70. The number of carbonyl (C=O) groups is 1. The summed E-state index contributed by atoms with van der Waals surface area (Å²) in [6, 6.07) is 5.53. The van der Waals surface area contributed by atoms with Crippen molar-refractivity contribution in [3.05, 3.63) is 29.3 Å². The summed E-state index contributed by atoms with van der Waals surface area (Å²) in [6.45, 7) is 2.25. The lowest BCUT2D eigenvalue weighted by molar-refractivity contribution is -0.143. The van der Waals surface area contributed by atoms with E-state index in [0.717, 1.165) is 24.8 Å². The van der Waals surface area contributed by atoms with Crippen LogP contribution < -0.4 is 5.73 Å². The molecule has 1 aromatic carbocycles. The molecule has 0 saturated heterocycles. The zero-order chi connectivity index (χ0) is 13.8. The molecule has 104 valence electrons. The third kappa shape index (κ3) is 3.26. The summed E-state index contributed by atoms with van der Waals surface area (Å²) in [7, 11) is 0. The van der Waals surface area contributed by atoms with Crippen LogP contribution in [0.25, 0.3) is 0 Å². The average Bonchev–Trinajstić information content (AvgIpc) is 2.65. The highest BCUT2D eigenvalue weighted by Gasteiger charge is 2.29. The van der Waals surface area contributed by atoms with Crippen molar-refractivity contribution < 1.29 is 14.6 Å². The maximum Gasteiger partial charge on any atom is 0.305 e. The molecule has 0 spiro atoms. The summed E-state index contributed by atoms with van der Waals surface area (Å²) in [5, 5.41) is 9.47. The summed E-state index contributed by atoms with van der Waals surface area (Å²) in [6.07, 6.45) is 2.92. The number of ether oxygens (including phenoxy) is 1. The maximum absolute atomic E-state index is 11.3. The highest BCUT2D eigenvalue weighted by molar-refractivity contribution is 5.69. The molecule has 0 bridgehead atoms. The van der Waals surface area contributed by atoms with E-state index in [-0.39, 0.29) is 23.7 Å². The van der Waals surface area contributed by atoms with E-state index in [1.807, 2.05) is 13.0 Å². The fraction of sp³-hybridized carbons (Fsp3) is 0.533. The number of fused-ring (bicyclic) bond motifs is 1. The van der Waals surface area contributed by atoms with Crippen LogP contribution >= 0.6 is 0 Å². The Morgan fingerprint density at radius 1 is 1.53 bits per heavy atom. The molecule has 0 amide bonds. The van der Waals surface area contributed by atoms with Crippen LogP contribution in [-0.4, -0.2) is 23.7 Å². The van der Waals surface area contributed by atoms with Gasteiger partial charge >= 0.3 is 5.97 Å². The number of nitrogens with two attached hydrogens (primary N) is 1. The normalized spacial score (nSPS) is 21.2. The van der Waals surface area contributed by atoms with Crippen LogP contribution in [0.1, 0.15) is 43.2 Å². The van der Waals surface area contributed by atoms with Crippen molar-refractivity contribution in [2.45, 2.75) is 44.6 Å². The van der Waals surface area contributed by atoms with Crippen LogP contribution in [0.5, 0.6) is 5.75 Å². The van der Waals surface area contributed by atoms with Crippen LogP contribution in [0, 0.1) is 0 Å². The van der Waals surface area contributed by atoms with Crippen LogP contribution in [-0.2, 0) is 16.0 Å².